The Morgan fingerprint density at radius 3 is 2.08 bits per heavy atom. The van der Waals surface area contributed by atoms with E-state index in [4.69, 9.17) is 5.21 Å². The second-order valence-electron chi connectivity index (χ2n) is 8.69. The van der Waals surface area contributed by atoms with Gasteiger partial charge >= 0.3 is 0 Å². The minimum atomic E-state index is -0.637. The lowest BCUT2D eigenvalue weighted by Gasteiger charge is -2.35. The third-order valence-corrected chi connectivity index (χ3v) is 6.10. The molecule has 1 saturated heterocycles. The average Bonchev–Trinajstić information content (AvgIpc) is 2.92. The summed E-state index contributed by atoms with van der Waals surface area (Å²) in [5.74, 6) is -0.710. The van der Waals surface area contributed by atoms with Gasteiger partial charge in [0, 0.05) is 50.9 Å². The number of nitrogens with one attached hydrogen (secondary N) is 1. The Labute approximate surface area is 211 Å². The van der Waals surface area contributed by atoms with Crippen molar-refractivity contribution in [1.82, 2.24) is 20.3 Å². The van der Waals surface area contributed by atoms with Crippen LogP contribution in [-0.4, -0.2) is 57.9 Å². The molecule has 4 rings (SSSR count). The molecule has 36 heavy (non-hydrogen) atoms. The molecule has 0 saturated carbocycles. The van der Waals surface area contributed by atoms with Crippen molar-refractivity contribution >= 4 is 23.8 Å². The summed E-state index contributed by atoms with van der Waals surface area (Å²) < 4.78 is 0. The van der Waals surface area contributed by atoms with Crippen molar-refractivity contribution in [2.75, 3.05) is 26.2 Å². The number of allylic oxidation sites excluding steroid dienone is 1. The summed E-state index contributed by atoms with van der Waals surface area (Å²) in [5.41, 5.74) is 5.72. The summed E-state index contributed by atoms with van der Waals surface area (Å²) in [6, 6.07) is 23.6. The number of hydrogen-bond donors (Lipinski definition) is 2. The van der Waals surface area contributed by atoms with Crippen LogP contribution in [0.4, 0.5) is 0 Å². The van der Waals surface area contributed by atoms with Gasteiger partial charge in [-0.05, 0) is 41.5 Å². The number of hydrogen-bond acceptors (Lipinski definition) is 6. The standard InChI is InChI=1S/C29H30N4O3/c34-28(15-13-25-10-6-11-26(30-25)14-16-29(35)31-36)27-12-5-4-9-24(27)22-33-19-17-32(18-20-33)21-23-7-2-1-3-8-23/h1-16,36H,17-22H2,(H,31,35). The first-order valence-corrected chi connectivity index (χ1v) is 12.0. The minimum Gasteiger partial charge on any atom is -0.297 e. The molecule has 0 bridgehead atoms. The normalized spacial score (nSPS) is 14.9. The molecule has 0 radical (unpaired) electrons. The van der Waals surface area contributed by atoms with E-state index in [1.807, 2.05) is 30.3 Å². The number of rotatable bonds is 9. The summed E-state index contributed by atoms with van der Waals surface area (Å²) >= 11 is 0. The monoisotopic (exact) mass is 482 g/mol. The number of ketones is 1. The van der Waals surface area contributed by atoms with Crippen molar-refractivity contribution in [3.63, 3.8) is 0 Å². The molecule has 1 aliphatic heterocycles. The number of nitrogens with zero attached hydrogens (tertiary/aromatic N) is 3. The fourth-order valence-corrected chi connectivity index (χ4v) is 4.19. The summed E-state index contributed by atoms with van der Waals surface area (Å²) in [6.45, 7) is 5.63. The quantitative estimate of drug-likeness (QED) is 0.209. The van der Waals surface area contributed by atoms with Gasteiger partial charge < -0.3 is 0 Å². The molecule has 184 valence electrons. The SMILES string of the molecule is O=C(C=Cc1cccc(C=CC(=O)c2ccccc2CN2CCN(Cc3ccccc3)CC2)n1)NO. The van der Waals surface area contributed by atoms with E-state index >= 15 is 0 Å². The molecule has 0 spiro atoms. The molecule has 1 fully saturated rings. The van der Waals surface area contributed by atoms with Crippen molar-refractivity contribution < 1.29 is 14.8 Å². The van der Waals surface area contributed by atoms with Crippen LogP contribution in [0, 0.1) is 0 Å². The van der Waals surface area contributed by atoms with Gasteiger partial charge in [-0.3, -0.25) is 24.6 Å². The van der Waals surface area contributed by atoms with Crippen LogP contribution in [0.2, 0.25) is 0 Å². The van der Waals surface area contributed by atoms with E-state index in [1.165, 1.54) is 29.3 Å². The Morgan fingerprint density at radius 2 is 1.39 bits per heavy atom. The number of pyridine rings is 1. The Morgan fingerprint density at radius 1 is 0.778 bits per heavy atom. The summed E-state index contributed by atoms with van der Waals surface area (Å²) in [6.07, 6.45) is 5.87. The highest BCUT2D eigenvalue weighted by molar-refractivity contribution is 6.07. The Hall–Kier alpha value is -3.91. The van der Waals surface area contributed by atoms with Crippen molar-refractivity contribution in [1.29, 1.82) is 0 Å². The number of carbonyl (C=O) groups excluding carboxylic acids is 2. The Bertz CT molecular complexity index is 1230. The highest BCUT2D eigenvalue weighted by Gasteiger charge is 2.19. The van der Waals surface area contributed by atoms with E-state index in [0.29, 0.717) is 17.0 Å². The van der Waals surface area contributed by atoms with Crippen molar-refractivity contribution in [3.05, 3.63) is 113 Å². The summed E-state index contributed by atoms with van der Waals surface area (Å²) in [4.78, 5) is 33.5. The number of amides is 1. The smallest absolute Gasteiger partial charge is 0.267 e. The van der Waals surface area contributed by atoms with E-state index < -0.39 is 5.91 Å². The first-order valence-electron chi connectivity index (χ1n) is 12.0. The fraction of sp³-hybridized carbons (Fsp3) is 0.207. The van der Waals surface area contributed by atoms with Crippen LogP contribution >= 0.6 is 0 Å². The van der Waals surface area contributed by atoms with Gasteiger partial charge in [0.05, 0.1) is 11.4 Å². The zero-order chi connectivity index (χ0) is 25.2. The van der Waals surface area contributed by atoms with E-state index in [9.17, 15) is 9.59 Å². The Kier molecular flexibility index (Phi) is 8.88. The fourth-order valence-electron chi connectivity index (χ4n) is 4.19. The molecule has 1 aromatic heterocycles. The van der Waals surface area contributed by atoms with Gasteiger partial charge in [0.2, 0.25) is 0 Å². The van der Waals surface area contributed by atoms with Crippen LogP contribution in [0.3, 0.4) is 0 Å². The van der Waals surface area contributed by atoms with Crippen LogP contribution in [0.1, 0.15) is 32.9 Å². The van der Waals surface area contributed by atoms with Crippen molar-refractivity contribution in [2.45, 2.75) is 13.1 Å². The second kappa shape index (κ2) is 12.7. The van der Waals surface area contributed by atoms with Crippen molar-refractivity contribution in [2.24, 2.45) is 0 Å². The van der Waals surface area contributed by atoms with Crippen LogP contribution in [0.5, 0.6) is 0 Å². The number of piperazine rings is 1. The maximum Gasteiger partial charge on any atom is 0.267 e. The molecule has 3 aromatic rings. The number of hydroxylamine groups is 1. The topological polar surface area (TPSA) is 85.8 Å². The largest absolute Gasteiger partial charge is 0.297 e. The third-order valence-electron chi connectivity index (χ3n) is 6.10. The second-order valence-corrected chi connectivity index (χ2v) is 8.69. The maximum atomic E-state index is 13.0. The van der Waals surface area contributed by atoms with Gasteiger partial charge in [-0.15, -0.1) is 0 Å². The number of carbonyl (C=O) groups is 2. The lowest BCUT2D eigenvalue weighted by atomic mass is 10.0. The van der Waals surface area contributed by atoms with E-state index in [2.05, 4.69) is 39.0 Å². The molecule has 0 unspecified atom stereocenters. The van der Waals surface area contributed by atoms with Gasteiger partial charge in [-0.1, -0.05) is 60.7 Å². The zero-order valence-corrected chi connectivity index (χ0v) is 20.1. The molecule has 2 heterocycles. The molecule has 0 atom stereocenters. The molecular formula is C29H30N4O3. The van der Waals surface area contributed by atoms with Gasteiger partial charge in [0.15, 0.2) is 5.78 Å². The molecular weight excluding hydrogens is 452 g/mol. The highest BCUT2D eigenvalue weighted by atomic mass is 16.5. The van der Waals surface area contributed by atoms with Crippen LogP contribution < -0.4 is 5.48 Å². The van der Waals surface area contributed by atoms with E-state index in [-0.39, 0.29) is 5.78 Å². The zero-order valence-electron chi connectivity index (χ0n) is 20.1. The number of aromatic nitrogens is 1. The van der Waals surface area contributed by atoms with Gasteiger partial charge in [0.1, 0.15) is 0 Å². The molecule has 2 aromatic carbocycles. The molecule has 7 nitrogen and oxygen atoms in total. The molecule has 2 N–H and O–H groups in total. The first-order chi connectivity index (χ1) is 17.6. The van der Waals surface area contributed by atoms with Crippen LogP contribution in [0.25, 0.3) is 12.2 Å². The predicted molar refractivity (Wildman–Crippen MR) is 140 cm³/mol. The predicted octanol–water partition coefficient (Wildman–Crippen LogP) is 3.81. The summed E-state index contributed by atoms with van der Waals surface area (Å²) in [7, 11) is 0. The molecule has 1 aliphatic rings. The molecule has 0 aliphatic carbocycles. The lowest BCUT2D eigenvalue weighted by molar-refractivity contribution is -0.124. The molecule has 1 amide bonds. The van der Waals surface area contributed by atoms with Gasteiger partial charge in [-0.25, -0.2) is 10.5 Å². The van der Waals surface area contributed by atoms with Crippen LogP contribution in [-0.2, 0) is 17.9 Å². The Balaban J connectivity index is 1.36. The van der Waals surface area contributed by atoms with Crippen molar-refractivity contribution in [3.8, 4) is 0 Å². The van der Waals surface area contributed by atoms with E-state index in [1.54, 1.807) is 24.3 Å². The molecule has 7 heteroatoms. The minimum absolute atomic E-state index is 0.0734. The van der Waals surface area contributed by atoms with Gasteiger partial charge in [-0.2, -0.15) is 0 Å². The third kappa shape index (κ3) is 7.29. The first kappa shape index (κ1) is 25.2. The van der Waals surface area contributed by atoms with Gasteiger partial charge in [0.25, 0.3) is 5.91 Å². The average molecular weight is 483 g/mol. The summed E-state index contributed by atoms with van der Waals surface area (Å²) in [5, 5.41) is 8.59. The number of benzene rings is 2. The lowest BCUT2D eigenvalue weighted by Crippen LogP contribution is -2.45. The van der Waals surface area contributed by atoms with Crippen LogP contribution in [0.15, 0.2) is 84.9 Å². The van der Waals surface area contributed by atoms with E-state index in [0.717, 1.165) is 44.8 Å². The maximum absolute atomic E-state index is 13.0. The highest BCUT2D eigenvalue weighted by Crippen LogP contribution is 2.16.